The number of hydrogen-bond acceptors (Lipinski definition) is 9. The lowest BCUT2D eigenvalue weighted by Crippen LogP contribution is -2.59. The second-order valence-electron chi connectivity index (χ2n) is 14.2. The van der Waals surface area contributed by atoms with Crippen molar-refractivity contribution >= 4 is 5.97 Å². The first kappa shape index (κ1) is 35.4. The Hall–Kier alpha value is -0.810. The molecule has 2 aliphatic heterocycles. The van der Waals surface area contributed by atoms with Gasteiger partial charge >= 0.3 is 5.97 Å². The van der Waals surface area contributed by atoms with Gasteiger partial charge in [-0.2, -0.15) is 0 Å². The maximum Gasteiger partial charge on any atom is 0.311 e. The topological polar surface area (TPSA) is 118 Å². The van der Waals surface area contributed by atoms with Crippen LogP contribution < -0.4 is 0 Å². The molecule has 0 aromatic rings. The highest BCUT2D eigenvalue weighted by Gasteiger charge is 2.49. The van der Waals surface area contributed by atoms with Crippen molar-refractivity contribution in [3.8, 4) is 0 Å². The molecule has 0 aliphatic carbocycles. The maximum absolute atomic E-state index is 13.7. The molecule has 0 saturated carbocycles. The Balaban J connectivity index is 2.47. The molecule has 236 valence electrons. The Morgan fingerprint density at radius 1 is 1.00 bits per heavy atom. The van der Waals surface area contributed by atoms with Crippen molar-refractivity contribution in [3.05, 3.63) is 0 Å². The molecule has 0 aromatic carbocycles. The summed E-state index contributed by atoms with van der Waals surface area (Å²) in [6.45, 7) is 20.2. The number of carbonyl (C=O) groups excluding carboxylic acids is 1. The lowest BCUT2D eigenvalue weighted by Gasteiger charge is -2.46. The minimum Gasteiger partial charge on any atom is -0.459 e. The van der Waals surface area contributed by atoms with E-state index < -0.39 is 59.9 Å². The zero-order valence-corrected chi connectivity index (χ0v) is 27.1. The smallest absolute Gasteiger partial charge is 0.311 e. The van der Waals surface area contributed by atoms with Crippen molar-refractivity contribution in [2.24, 2.45) is 23.2 Å². The van der Waals surface area contributed by atoms with Gasteiger partial charge in [-0.25, -0.2) is 0 Å². The van der Waals surface area contributed by atoms with Crippen LogP contribution in [0.2, 0.25) is 0 Å². The van der Waals surface area contributed by atoms with Gasteiger partial charge in [-0.3, -0.25) is 4.79 Å². The lowest BCUT2D eigenvalue weighted by atomic mass is 9.74. The van der Waals surface area contributed by atoms with Crippen molar-refractivity contribution in [3.63, 3.8) is 0 Å². The zero-order valence-electron chi connectivity index (χ0n) is 27.1. The standard InChI is InChI=1S/C31H59NO8/c1-13-23-31(10,36)26(33)21(5)32(11)17-18(2)14-29(7,8)15-19(3)25(20(4)28(35)39-23)40-24-16-30(9,37-12)27(34)22(6)38-24/h18-27,33-34,36H,13-17H2,1-12H3/t18-,19-,20?,21-,22+,23-,24+,25+,26?,27+,30-,31-/m1/s1. The van der Waals surface area contributed by atoms with Crippen LogP contribution in [-0.4, -0.2) is 101 Å². The Bertz CT molecular complexity index is 821. The second kappa shape index (κ2) is 13.7. The van der Waals surface area contributed by atoms with E-state index in [1.165, 1.54) is 0 Å². The van der Waals surface area contributed by atoms with Crippen LogP contribution in [0.1, 0.15) is 94.9 Å². The normalized spacial score (nSPS) is 46.7. The molecular formula is C31H59NO8. The Morgan fingerprint density at radius 3 is 2.15 bits per heavy atom. The quantitative estimate of drug-likeness (QED) is 0.432. The predicted octanol–water partition coefficient (Wildman–Crippen LogP) is 3.75. The number of hydrogen-bond donors (Lipinski definition) is 3. The van der Waals surface area contributed by atoms with Crippen LogP contribution in [0.15, 0.2) is 0 Å². The van der Waals surface area contributed by atoms with E-state index in [4.69, 9.17) is 18.9 Å². The van der Waals surface area contributed by atoms with Crippen LogP contribution in [0, 0.1) is 23.2 Å². The molecule has 9 nitrogen and oxygen atoms in total. The number of aliphatic hydroxyl groups excluding tert-OH is 2. The van der Waals surface area contributed by atoms with Crippen molar-refractivity contribution in [1.29, 1.82) is 0 Å². The Labute approximate surface area is 242 Å². The minimum absolute atomic E-state index is 0.0303. The van der Waals surface area contributed by atoms with Crippen LogP contribution >= 0.6 is 0 Å². The van der Waals surface area contributed by atoms with Crippen molar-refractivity contribution in [1.82, 2.24) is 4.90 Å². The maximum atomic E-state index is 13.7. The molecule has 9 heteroatoms. The van der Waals surface area contributed by atoms with Gasteiger partial charge in [-0.05, 0) is 78.2 Å². The number of rotatable bonds is 4. The zero-order chi connectivity index (χ0) is 30.8. The summed E-state index contributed by atoms with van der Waals surface area (Å²) in [7, 11) is 3.53. The van der Waals surface area contributed by atoms with Crippen LogP contribution in [0.5, 0.6) is 0 Å². The lowest BCUT2D eigenvalue weighted by molar-refractivity contribution is -0.296. The van der Waals surface area contributed by atoms with Gasteiger partial charge in [0, 0.05) is 26.1 Å². The summed E-state index contributed by atoms with van der Waals surface area (Å²) in [5.74, 6) is -0.858. The highest BCUT2D eigenvalue weighted by atomic mass is 16.7. The molecule has 2 saturated heterocycles. The molecule has 0 amide bonds. The summed E-state index contributed by atoms with van der Waals surface area (Å²) in [6.07, 6.45) is -2.19. The predicted molar refractivity (Wildman–Crippen MR) is 155 cm³/mol. The minimum atomic E-state index is -1.65. The molecule has 2 unspecified atom stereocenters. The van der Waals surface area contributed by atoms with E-state index in [0.29, 0.717) is 18.8 Å². The average molecular weight is 574 g/mol. The molecule has 0 aromatic heterocycles. The molecule has 2 heterocycles. The molecule has 40 heavy (non-hydrogen) atoms. The van der Waals surface area contributed by atoms with E-state index in [1.54, 1.807) is 27.9 Å². The molecule has 2 aliphatic rings. The summed E-state index contributed by atoms with van der Waals surface area (Å²) >= 11 is 0. The molecule has 0 bridgehead atoms. The van der Waals surface area contributed by atoms with E-state index >= 15 is 0 Å². The first-order valence-electron chi connectivity index (χ1n) is 15.1. The first-order chi connectivity index (χ1) is 18.3. The molecule has 0 radical (unpaired) electrons. The number of esters is 1. The number of likely N-dealkylation sites (N-methyl/N-ethyl adjacent to an activating group) is 1. The summed E-state index contributed by atoms with van der Waals surface area (Å²) in [4.78, 5) is 15.7. The van der Waals surface area contributed by atoms with E-state index in [9.17, 15) is 20.1 Å². The third-order valence-electron chi connectivity index (χ3n) is 9.62. The number of carbonyl (C=O) groups is 1. The second-order valence-corrected chi connectivity index (χ2v) is 14.2. The largest absolute Gasteiger partial charge is 0.459 e. The van der Waals surface area contributed by atoms with Crippen LogP contribution in [0.3, 0.4) is 0 Å². The fraction of sp³-hybridized carbons (Fsp3) is 0.968. The van der Waals surface area contributed by atoms with Gasteiger partial charge in [0.25, 0.3) is 0 Å². The van der Waals surface area contributed by atoms with Gasteiger partial charge in [0.15, 0.2) is 6.29 Å². The highest BCUT2D eigenvalue weighted by Crippen LogP contribution is 2.39. The number of cyclic esters (lactones) is 1. The molecule has 12 atom stereocenters. The summed E-state index contributed by atoms with van der Waals surface area (Å²) < 4.78 is 24.3. The van der Waals surface area contributed by atoms with E-state index in [2.05, 4.69) is 32.6 Å². The van der Waals surface area contributed by atoms with Gasteiger partial charge in [0.05, 0.1) is 23.7 Å². The van der Waals surface area contributed by atoms with E-state index in [1.807, 2.05) is 27.8 Å². The van der Waals surface area contributed by atoms with Crippen molar-refractivity contribution in [2.45, 2.75) is 149 Å². The highest BCUT2D eigenvalue weighted by molar-refractivity contribution is 5.73. The molecule has 0 spiro atoms. The third kappa shape index (κ3) is 8.17. The SMILES string of the molecule is CC[C@H]1OC(=O)C(C)[C@@H](O[C@H]2C[C@@](C)(OC)[C@@H](O)[C@H](C)O2)[C@H](C)CC(C)(C)C[C@@H](C)CN(C)[C@H](C)C(O)[C@]1(C)O. The summed E-state index contributed by atoms with van der Waals surface area (Å²) in [6, 6.07) is -0.346. The Kier molecular flexibility index (Phi) is 12.1. The van der Waals surface area contributed by atoms with Gasteiger partial charge in [0.1, 0.15) is 23.9 Å². The molecule has 2 fully saturated rings. The van der Waals surface area contributed by atoms with Gasteiger partial charge in [-0.15, -0.1) is 0 Å². The Morgan fingerprint density at radius 2 is 1.60 bits per heavy atom. The third-order valence-corrected chi connectivity index (χ3v) is 9.62. The number of nitrogens with zero attached hydrogens (tertiary/aromatic N) is 1. The molecule has 3 N–H and O–H groups in total. The number of aliphatic hydroxyl groups is 3. The van der Waals surface area contributed by atoms with Crippen LogP contribution in [0.4, 0.5) is 0 Å². The fourth-order valence-corrected chi connectivity index (χ4v) is 7.17. The number of methoxy groups -OCH3 is 1. The van der Waals surface area contributed by atoms with Gasteiger partial charge in [0.2, 0.25) is 0 Å². The van der Waals surface area contributed by atoms with Gasteiger partial charge in [-0.1, -0.05) is 34.6 Å². The summed E-state index contributed by atoms with van der Waals surface area (Å²) in [5, 5.41) is 33.4. The van der Waals surface area contributed by atoms with Gasteiger partial charge < -0.3 is 39.2 Å². The number of ether oxygens (including phenoxy) is 4. The van der Waals surface area contributed by atoms with Crippen molar-refractivity contribution < 1.29 is 39.1 Å². The fourth-order valence-electron chi connectivity index (χ4n) is 7.17. The van der Waals surface area contributed by atoms with Crippen molar-refractivity contribution in [2.75, 3.05) is 20.7 Å². The van der Waals surface area contributed by atoms with E-state index in [-0.39, 0.29) is 17.4 Å². The first-order valence-corrected chi connectivity index (χ1v) is 15.1. The monoisotopic (exact) mass is 573 g/mol. The van der Waals surface area contributed by atoms with E-state index in [0.717, 1.165) is 19.4 Å². The average Bonchev–Trinajstić information content (AvgIpc) is 2.85. The van der Waals surface area contributed by atoms with Crippen LogP contribution in [0.25, 0.3) is 0 Å². The molecule has 2 rings (SSSR count). The summed E-state index contributed by atoms with van der Waals surface area (Å²) in [5.41, 5.74) is -2.56. The van der Waals surface area contributed by atoms with Crippen LogP contribution in [-0.2, 0) is 23.7 Å². The molecular weight excluding hydrogens is 514 g/mol.